The molecule has 0 saturated carbocycles. The van der Waals surface area contributed by atoms with Crippen LogP contribution in [0.1, 0.15) is 33.1 Å². The molecule has 0 amide bonds. The molecule has 8 heteroatoms. The number of carbonyl (C=O) groups is 1. The molecule has 0 aliphatic rings. The van der Waals surface area contributed by atoms with E-state index in [1.54, 1.807) is 7.05 Å². The molecule has 0 saturated heterocycles. The zero-order valence-corrected chi connectivity index (χ0v) is 12.8. The van der Waals surface area contributed by atoms with E-state index in [2.05, 4.69) is 5.10 Å². The quantitative estimate of drug-likeness (QED) is 0.778. The van der Waals surface area contributed by atoms with Gasteiger partial charge in [0.25, 0.3) is 0 Å². The van der Waals surface area contributed by atoms with Gasteiger partial charge in [-0.05, 0) is 13.3 Å². The van der Waals surface area contributed by atoms with Gasteiger partial charge in [-0.3, -0.25) is 9.48 Å². The van der Waals surface area contributed by atoms with Gasteiger partial charge in [-0.15, -0.1) is 0 Å². The number of nitrogens with zero attached hydrogens (tertiary/aromatic N) is 3. The zero-order valence-electron chi connectivity index (χ0n) is 12.0. The summed E-state index contributed by atoms with van der Waals surface area (Å²) in [5.41, 5.74) is 0. The second-order valence-electron chi connectivity index (χ2n) is 4.74. The molecule has 0 radical (unpaired) electrons. The smallest absolute Gasteiger partial charge is 0.305 e. The van der Waals surface area contributed by atoms with Crippen molar-refractivity contribution >= 4 is 16.0 Å². The minimum absolute atomic E-state index is 0.0904. The minimum atomic E-state index is -3.58. The van der Waals surface area contributed by atoms with Crippen LogP contribution in [0.25, 0.3) is 0 Å². The third-order valence-corrected chi connectivity index (χ3v) is 5.09. The van der Waals surface area contributed by atoms with Gasteiger partial charge in [0.1, 0.15) is 4.90 Å². The fraction of sp³-hybridized carbons (Fsp3) is 0.667. The highest BCUT2D eigenvalue weighted by molar-refractivity contribution is 7.89. The molecule has 1 aromatic heterocycles. The third kappa shape index (κ3) is 4.04. The van der Waals surface area contributed by atoms with Gasteiger partial charge >= 0.3 is 5.97 Å². The summed E-state index contributed by atoms with van der Waals surface area (Å²) in [7, 11) is -2.03. The first-order valence-corrected chi connectivity index (χ1v) is 7.95. The number of aliphatic carboxylic acids is 1. The molecule has 1 unspecified atom stereocenters. The molecule has 0 aliphatic heterocycles. The number of hydrogen-bond donors (Lipinski definition) is 1. The SMILES string of the molecule is CCCC(C)N(C)S(=O)(=O)c1cnn(CCC(=O)O)c1. The summed E-state index contributed by atoms with van der Waals surface area (Å²) in [5.74, 6) is -0.946. The first kappa shape index (κ1) is 16.6. The Morgan fingerprint density at radius 1 is 1.55 bits per heavy atom. The summed E-state index contributed by atoms with van der Waals surface area (Å²) in [6.45, 7) is 4.01. The van der Waals surface area contributed by atoms with Gasteiger partial charge in [-0.1, -0.05) is 13.3 Å². The summed E-state index contributed by atoms with van der Waals surface area (Å²) in [6, 6.07) is -0.0904. The number of rotatable bonds is 8. The number of aryl methyl sites for hydroxylation is 1. The normalized spacial score (nSPS) is 13.6. The Kier molecular flexibility index (Phi) is 5.70. The van der Waals surface area contributed by atoms with Gasteiger partial charge in [0.05, 0.1) is 19.2 Å². The van der Waals surface area contributed by atoms with Crippen molar-refractivity contribution in [2.75, 3.05) is 7.05 Å². The molecule has 0 spiro atoms. The van der Waals surface area contributed by atoms with E-state index in [0.717, 1.165) is 12.8 Å². The van der Waals surface area contributed by atoms with Crippen LogP contribution in [0.2, 0.25) is 0 Å². The fourth-order valence-electron chi connectivity index (χ4n) is 1.81. The zero-order chi connectivity index (χ0) is 15.3. The Morgan fingerprint density at radius 3 is 2.75 bits per heavy atom. The summed E-state index contributed by atoms with van der Waals surface area (Å²) in [6.07, 6.45) is 4.21. The number of hydrogen-bond acceptors (Lipinski definition) is 4. The standard InChI is InChI=1S/C12H21N3O4S/c1-4-5-10(2)14(3)20(18,19)11-8-13-15(9-11)7-6-12(16)17/h8-10H,4-7H2,1-3H3,(H,16,17). The van der Waals surface area contributed by atoms with E-state index >= 15 is 0 Å². The lowest BCUT2D eigenvalue weighted by Crippen LogP contribution is -2.34. The maximum Gasteiger partial charge on any atom is 0.305 e. The van der Waals surface area contributed by atoms with Crippen LogP contribution in [0.15, 0.2) is 17.3 Å². The lowest BCUT2D eigenvalue weighted by Gasteiger charge is -2.23. The van der Waals surface area contributed by atoms with E-state index in [-0.39, 0.29) is 23.9 Å². The third-order valence-electron chi connectivity index (χ3n) is 3.17. The topological polar surface area (TPSA) is 92.5 Å². The van der Waals surface area contributed by atoms with E-state index in [1.165, 1.54) is 21.4 Å². The van der Waals surface area contributed by atoms with Crippen molar-refractivity contribution in [3.05, 3.63) is 12.4 Å². The van der Waals surface area contributed by atoms with E-state index in [4.69, 9.17) is 5.11 Å². The molecule has 0 bridgehead atoms. The second-order valence-corrected chi connectivity index (χ2v) is 6.74. The van der Waals surface area contributed by atoms with Gasteiger partial charge in [-0.2, -0.15) is 9.40 Å². The van der Waals surface area contributed by atoms with Crippen molar-refractivity contribution in [3.8, 4) is 0 Å². The Morgan fingerprint density at radius 2 is 2.20 bits per heavy atom. The average molecular weight is 303 g/mol. The van der Waals surface area contributed by atoms with Crippen LogP contribution < -0.4 is 0 Å². The highest BCUT2D eigenvalue weighted by Gasteiger charge is 2.26. The highest BCUT2D eigenvalue weighted by Crippen LogP contribution is 2.17. The van der Waals surface area contributed by atoms with Gasteiger partial charge < -0.3 is 5.11 Å². The van der Waals surface area contributed by atoms with Crippen molar-refractivity contribution in [2.45, 2.75) is 50.6 Å². The summed E-state index contributed by atoms with van der Waals surface area (Å²) >= 11 is 0. The van der Waals surface area contributed by atoms with Crippen LogP contribution in [0, 0.1) is 0 Å². The Hall–Kier alpha value is -1.41. The average Bonchev–Trinajstić information content (AvgIpc) is 2.85. The van der Waals surface area contributed by atoms with Crippen LogP contribution in [0.5, 0.6) is 0 Å². The number of carboxylic acid groups (broad SMARTS) is 1. The van der Waals surface area contributed by atoms with E-state index in [1.807, 2.05) is 13.8 Å². The molecule has 1 atom stereocenters. The minimum Gasteiger partial charge on any atom is -0.481 e. The molecule has 1 rings (SSSR count). The number of sulfonamides is 1. The van der Waals surface area contributed by atoms with Crippen LogP contribution in [0.4, 0.5) is 0 Å². The Balaban J connectivity index is 2.85. The van der Waals surface area contributed by atoms with Crippen molar-refractivity contribution in [1.82, 2.24) is 14.1 Å². The molecule has 20 heavy (non-hydrogen) atoms. The van der Waals surface area contributed by atoms with E-state index < -0.39 is 16.0 Å². The first-order chi connectivity index (χ1) is 9.28. The predicted molar refractivity (Wildman–Crippen MR) is 73.8 cm³/mol. The molecule has 0 fully saturated rings. The monoisotopic (exact) mass is 303 g/mol. The fourth-order valence-corrected chi connectivity index (χ4v) is 3.16. The van der Waals surface area contributed by atoms with Crippen LogP contribution >= 0.6 is 0 Å². The molecule has 7 nitrogen and oxygen atoms in total. The maximum atomic E-state index is 12.4. The lowest BCUT2D eigenvalue weighted by molar-refractivity contribution is -0.137. The van der Waals surface area contributed by atoms with Gasteiger partial charge in [-0.25, -0.2) is 8.42 Å². The maximum absolute atomic E-state index is 12.4. The molecule has 1 aromatic rings. The van der Waals surface area contributed by atoms with Gasteiger partial charge in [0.2, 0.25) is 10.0 Å². The molecule has 1 N–H and O–H groups in total. The molecular weight excluding hydrogens is 282 g/mol. The molecule has 0 aromatic carbocycles. The van der Waals surface area contributed by atoms with Gasteiger partial charge in [0.15, 0.2) is 0 Å². The number of carboxylic acids is 1. The largest absolute Gasteiger partial charge is 0.481 e. The van der Waals surface area contributed by atoms with Crippen molar-refractivity contribution in [1.29, 1.82) is 0 Å². The molecule has 114 valence electrons. The van der Waals surface area contributed by atoms with Gasteiger partial charge in [0, 0.05) is 19.3 Å². The lowest BCUT2D eigenvalue weighted by atomic mass is 10.2. The molecule has 1 heterocycles. The van der Waals surface area contributed by atoms with Crippen LogP contribution in [0.3, 0.4) is 0 Å². The molecular formula is C12H21N3O4S. The van der Waals surface area contributed by atoms with E-state index in [0.29, 0.717) is 0 Å². The van der Waals surface area contributed by atoms with Crippen molar-refractivity contribution in [3.63, 3.8) is 0 Å². The second kappa shape index (κ2) is 6.85. The Labute approximate surface area is 119 Å². The predicted octanol–water partition coefficient (Wildman–Crippen LogP) is 1.17. The number of aromatic nitrogens is 2. The van der Waals surface area contributed by atoms with Crippen molar-refractivity contribution < 1.29 is 18.3 Å². The first-order valence-electron chi connectivity index (χ1n) is 6.51. The Bertz CT molecular complexity index is 553. The summed E-state index contributed by atoms with van der Waals surface area (Å²) < 4.78 is 27.4. The van der Waals surface area contributed by atoms with Crippen molar-refractivity contribution in [2.24, 2.45) is 0 Å². The van der Waals surface area contributed by atoms with Crippen LogP contribution in [-0.4, -0.2) is 46.7 Å². The van der Waals surface area contributed by atoms with E-state index in [9.17, 15) is 13.2 Å². The highest BCUT2D eigenvalue weighted by atomic mass is 32.2. The van der Waals surface area contributed by atoms with Crippen LogP contribution in [-0.2, 0) is 21.4 Å². The summed E-state index contributed by atoms with van der Waals surface area (Å²) in [5, 5.41) is 12.5. The summed E-state index contributed by atoms with van der Waals surface area (Å²) in [4.78, 5) is 10.6. The molecule has 0 aliphatic carbocycles.